The maximum atomic E-state index is 11.8. The molecule has 0 fully saturated rings. The van der Waals surface area contributed by atoms with Crippen molar-refractivity contribution in [2.75, 3.05) is 7.11 Å². The van der Waals surface area contributed by atoms with Gasteiger partial charge in [0, 0.05) is 11.1 Å². The molecule has 0 saturated heterocycles. The summed E-state index contributed by atoms with van der Waals surface area (Å²) in [6.07, 6.45) is 0. The van der Waals surface area contributed by atoms with Crippen molar-refractivity contribution in [2.24, 2.45) is 0 Å². The zero-order chi connectivity index (χ0) is 14.7. The number of ketones is 1. The molecule has 0 saturated carbocycles. The Kier molecular flexibility index (Phi) is 3.67. The van der Waals surface area contributed by atoms with Gasteiger partial charge in [0.15, 0.2) is 5.78 Å². The van der Waals surface area contributed by atoms with Crippen LogP contribution in [0.5, 0.6) is 5.75 Å². The van der Waals surface area contributed by atoms with Gasteiger partial charge in [0.25, 0.3) is 5.56 Å². The van der Waals surface area contributed by atoms with Crippen molar-refractivity contribution in [1.29, 1.82) is 5.26 Å². The van der Waals surface area contributed by atoms with Crippen molar-refractivity contribution >= 4 is 5.78 Å². The van der Waals surface area contributed by atoms with Crippen LogP contribution in [0, 0.1) is 11.3 Å². The van der Waals surface area contributed by atoms with Gasteiger partial charge in [-0.1, -0.05) is 12.1 Å². The Morgan fingerprint density at radius 1 is 1.35 bits per heavy atom. The van der Waals surface area contributed by atoms with E-state index in [-0.39, 0.29) is 16.9 Å². The van der Waals surface area contributed by atoms with Gasteiger partial charge in [-0.2, -0.15) is 5.26 Å². The highest BCUT2D eigenvalue weighted by molar-refractivity contribution is 6.00. The van der Waals surface area contributed by atoms with Crippen LogP contribution in [0.2, 0.25) is 0 Å². The number of benzene rings is 1. The molecule has 0 aliphatic carbocycles. The largest absolute Gasteiger partial charge is 0.496 e. The van der Waals surface area contributed by atoms with E-state index in [4.69, 9.17) is 10.00 Å². The Labute approximate surface area is 115 Å². The second kappa shape index (κ2) is 5.41. The first kappa shape index (κ1) is 13.6. The molecule has 0 aliphatic heterocycles. The molecule has 0 amide bonds. The van der Waals surface area contributed by atoms with Crippen LogP contribution in [0.4, 0.5) is 0 Å². The zero-order valence-electron chi connectivity index (χ0n) is 11.1. The van der Waals surface area contributed by atoms with E-state index >= 15 is 0 Å². The van der Waals surface area contributed by atoms with Crippen LogP contribution in [0.1, 0.15) is 22.8 Å². The minimum Gasteiger partial charge on any atom is -0.496 e. The number of nitrogens with one attached hydrogen (secondary N) is 1. The number of pyridine rings is 1. The van der Waals surface area contributed by atoms with Crippen LogP contribution in [-0.4, -0.2) is 17.9 Å². The zero-order valence-corrected chi connectivity index (χ0v) is 11.1. The molecule has 2 rings (SSSR count). The number of carbonyl (C=O) groups excluding carboxylic acids is 1. The van der Waals surface area contributed by atoms with E-state index in [1.807, 2.05) is 0 Å². The predicted molar refractivity (Wildman–Crippen MR) is 73.8 cm³/mol. The number of rotatable bonds is 3. The first-order chi connectivity index (χ1) is 9.58. The first-order valence-electron chi connectivity index (χ1n) is 5.90. The lowest BCUT2D eigenvalue weighted by molar-refractivity contribution is 0.101. The summed E-state index contributed by atoms with van der Waals surface area (Å²) in [5.41, 5.74) is 0.624. The Hall–Kier alpha value is -2.87. The van der Waals surface area contributed by atoms with Crippen LogP contribution in [0.25, 0.3) is 11.3 Å². The average Bonchev–Trinajstić information content (AvgIpc) is 2.46. The smallest absolute Gasteiger partial charge is 0.266 e. The number of hydrogen-bond acceptors (Lipinski definition) is 4. The number of carbonyl (C=O) groups is 1. The van der Waals surface area contributed by atoms with Crippen molar-refractivity contribution in [2.45, 2.75) is 6.92 Å². The number of ether oxygens (including phenoxy) is 1. The summed E-state index contributed by atoms with van der Waals surface area (Å²) in [6, 6.07) is 10.1. The van der Waals surface area contributed by atoms with Crippen molar-refractivity contribution in [3.05, 3.63) is 51.8 Å². The van der Waals surface area contributed by atoms with Crippen molar-refractivity contribution < 1.29 is 9.53 Å². The predicted octanol–water partition coefficient (Wildman–Crippen LogP) is 2.12. The highest BCUT2D eigenvalue weighted by atomic mass is 16.5. The molecule has 0 radical (unpaired) electrons. The van der Waals surface area contributed by atoms with Crippen LogP contribution >= 0.6 is 0 Å². The number of nitriles is 1. The second-order valence-corrected chi connectivity index (χ2v) is 4.17. The van der Waals surface area contributed by atoms with Gasteiger partial charge in [0.1, 0.15) is 17.4 Å². The van der Waals surface area contributed by atoms with Gasteiger partial charge >= 0.3 is 0 Å². The minimum absolute atomic E-state index is 0.0890. The van der Waals surface area contributed by atoms with E-state index in [1.165, 1.54) is 20.1 Å². The van der Waals surface area contributed by atoms with Crippen molar-refractivity contribution in [3.8, 4) is 23.1 Å². The van der Waals surface area contributed by atoms with Crippen LogP contribution in [-0.2, 0) is 0 Å². The summed E-state index contributed by atoms with van der Waals surface area (Å²) < 4.78 is 5.23. The maximum Gasteiger partial charge on any atom is 0.266 e. The number of nitrogens with zero attached hydrogens (tertiary/aromatic N) is 1. The number of methoxy groups -OCH3 is 1. The van der Waals surface area contributed by atoms with E-state index in [1.54, 1.807) is 30.3 Å². The molecule has 1 aromatic heterocycles. The molecule has 100 valence electrons. The van der Waals surface area contributed by atoms with E-state index in [2.05, 4.69) is 4.98 Å². The van der Waals surface area contributed by atoms with Gasteiger partial charge < -0.3 is 9.72 Å². The number of para-hydroxylation sites is 1. The number of H-pyrrole nitrogens is 1. The van der Waals surface area contributed by atoms with E-state index in [0.29, 0.717) is 17.0 Å². The van der Waals surface area contributed by atoms with Crippen molar-refractivity contribution in [1.82, 2.24) is 4.98 Å². The molecule has 0 bridgehead atoms. The standard InChI is InChI=1S/C15H12N2O3/c1-9(18)12-7-10(8-16)15(19)17-14(12)11-5-3-4-6-13(11)20-2/h3-7H,1-2H3,(H,17,19). The van der Waals surface area contributed by atoms with Gasteiger partial charge in [0.2, 0.25) is 0 Å². The molecule has 20 heavy (non-hydrogen) atoms. The third-order valence-corrected chi connectivity index (χ3v) is 2.92. The highest BCUT2D eigenvalue weighted by Crippen LogP contribution is 2.30. The summed E-state index contributed by atoms with van der Waals surface area (Å²) in [7, 11) is 1.51. The number of aromatic nitrogens is 1. The second-order valence-electron chi connectivity index (χ2n) is 4.17. The molecular weight excluding hydrogens is 256 g/mol. The van der Waals surface area contributed by atoms with Crippen LogP contribution in [0.3, 0.4) is 0 Å². The van der Waals surface area contributed by atoms with Gasteiger partial charge in [-0.3, -0.25) is 9.59 Å². The lowest BCUT2D eigenvalue weighted by atomic mass is 10.0. The van der Waals surface area contributed by atoms with E-state index in [0.717, 1.165) is 0 Å². The molecule has 1 aromatic carbocycles. The highest BCUT2D eigenvalue weighted by Gasteiger charge is 2.16. The minimum atomic E-state index is -0.529. The topological polar surface area (TPSA) is 82.9 Å². The fraction of sp³-hybridized carbons (Fsp3) is 0.133. The molecule has 1 heterocycles. The summed E-state index contributed by atoms with van der Waals surface area (Å²) >= 11 is 0. The Morgan fingerprint density at radius 2 is 2.05 bits per heavy atom. The van der Waals surface area contributed by atoms with E-state index in [9.17, 15) is 9.59 Å². The van der Waals surface area contributed by atoms with Gasteiger partial charge in [0.05, 0.1) is 12.8 Å². The molecule has 0 spiro atoms. The molecule has 1 N–H and O–H groups in total. The third kappa shape index (κ3) is 2.31. The van der Waals surface area contributed by atoms with Crippen LogP contribution in [0.15, 0.2) is 35.1 Å². The lowest BCUT2D eigenvalue weighted by Crippen LogP contribution is -2.15. The van der Waals surface area contributed by atoms with Gasteiger partial charge in [-0.05, 0) is 25.1 Å². The molecular formula is C15H12N2O3. The Balaban J connectivity index is 2.80. The number of hydrogen-bond donors (Lipinski definition) is 1. The van der Waals surface area contributed by atoms with E-state index < -0.39 is 5.56 Å². The molecule has 0 unspecified atom stereocenters. The maximum absolute atomic E-state index is 11.8. The number of Topliss-reactive ketones (excluding diaryl/α,β-unsaturated/α-hetero) is 1. The van der Waals surface area contributed by atoms with Gasteiger partial charge in [-0.25, -0.2) is 0 Å². The molecule has 5 nitrogen and oxygen atoms in total. The summed E-state index contributed by atoms with van der Waals surface area (Å²) in [5.74, 6) is 0.300. The first-order valence-corrected chi connectivity index (χ1v) is 5.90. The van der Waals surface area contributed by atoms with Crippen molar-refractivity contribution in [3.63, 3.8) is 0 Å². The Morgan fingerprint density at radius 3 is 2.65 bits per heavy atom. The number of aromatic amines is 1. The molecule has 0 atom stereocenters. The monoisotopic (exact) mass is 268 g/mol. The van der Waals surface area contributed by atoms with Crippen LogP contribution < -0.4 is 10.3 Å². The lowest BCUT2D eigenvalue weighted by Gasteiger charge is -2.11. The molecule has 0 aliphatic rings. The quantitative estimate of drug-likeness (QED) is 0.864. The third-order valence-electron chi connectivity index (χ3n) is 2.92. The SMILES string of the molecule is COc1ccccc1-c1[nH]c(=O)c(C#N)cc1C(C)=O. The summed E-state index contributed by atoms with van der Waals surface area (Å²) in [6.45, 7) is 1.38. The average molecular weight is 268 g/mol. The summed E-state index contributed by atoms with van der Waals surface area (Å²) in [4.78, 5) is 26.1. The summed E-state index contributed by atoms with van der Waals surface area (Å²) in [5, 5.41) is 8.88. The van der Waals surface area contributed by atoms with Gasteiger partial charge in [-0.15, -0.1) is 0 Å². The Bertz CT molecular complexity index is 769. The normalized spacial score (nSPS) is 9.85. The molecule has 2 aromatic rings. The molecule has 5 heteroatoms. The fourth-order valence-electron chi connectivity index (χ4n) is 1.95. The fourth-order valence-corrected chi connectivity index (χ4v) is 1.95.